The summed E-state index contributed by atoms with van der Waals surface area (Å²) in [6.45, 7) is 0. The van der Waals surface area contributed by atoms with Crippen molar-refractivity contribution in [3.63, 3.8) is 0 Å². The summed E-state index contributed by atoms with van der Waals surface area (Å²) in [5, 5.41) is 23.1. The van der Waals surface area contributed by atoms with Gasteiger partial charge in [0.1, 0.15) is 5.75 Å². The van der Waals surface area contributed by atoms with Crippen molar-refractivity contribution in [2.75, 3.05) is 26.2 Å². The zero-order valence-corrected chi connectivity index (χ0v) is 18.9. The molecule has 1 amide bonds. The second-order valence-corrected chi connectivity index (χ2v) is 8.04. The molecule has 4 rings (SSSR count). The maximum Gasteiger partial charge on any atom is 0.294 e. The van der Waals surface area contributed by atoms with E-state index in [0.29, 0.717) is 27.7 Å². The number of amides is 1. The predicted molar refractivity (Wildman–Crippen MR) is 123 cm³/mol. The molecule has 3 aromatic rings. The fourth-order valence-electron chi connectivity index (χ4n) is 3.87. The molecule has 0 spiro atoms. The number of phenols is 1. The third-order valence-electron chi connectivity index (χ3n) is 5.34. The van der Waals surface area contributed by atoms with E-state index in [4.69, 9.17) is 14.2 Å². The Morgan fingerprint density at radius 3 is 2.18 bits per heavy atom. The van der Waals surface area contributed by atoms with Gasteiger partial charge in [0.15, 0.2) is 17.3 Å². The van der Waals surface area contributed by atoms with Crippen LogP contribution in [0.3, 0.4) is 0 Å². The van der Waals surface area contributed by atoms with Gasteiger partial charge >= 0.3 is 0 Å². The number of hydrogen-bond donors (Lipinski definition) is 2. The second-order valence-electron chi connectivity index (χ2n) is 7.09. The topological polar surface area (TPSA) is 106 Å². The smallest absolute Gasteiger partial charge is 0.294 e. The highest BCUT2D eigenvalue weighted by atomic mass is 32.1. The number of thiophene rings is 1. The molecule has 1 aliphatic rings. The first kappa shape index (κ1) is 22.2. The zero-order valence-electron chi connectivity index (χ0n) is 18.1. The third kappa shape index (κ3) is 3.66. The number of aliphatic hydroxyl groups excluding tert-OH is 1. The number of anilines is 1. The Labute approximate surface area is 193 Å². The minimum absolute atomic E-state index is 0.111. The summed E-state index contributed by atoms with van der Waals surface area (Å²) in [6.07, 6.45) is 0. The van der Waals surface area contributed by atoms with Crippen LogP contribution in [-0.4, -0.2) is 43.2 Å². The van der Waals surface area contributed by atoms with Gasteiger partial charge in [-0.3, -0.25) is 14.5 Å². The van der Waals surface area contributed by atoms with E-state index in [1.54, 1.807) is 41.8 Å². The van der Waals surface area contributed by atoms with Crippen LogP contribution >= 0.6 is 11.3 Å². The summed E-state index contributed by atoms with van der Waals surface area (Å²) in [7, 11) is 4.37. The Kier molecular flexibility index (Phi) is 5.97. The number of hydrogen-bond acceptors (Lipinski definition) is 8. The summed E-state index contributed by atoms with van der Waals surface area (Å²) in [6, 6.07) is 11.7. The molecule has 2 heterocycles. The van der Waals surface area contributed by atoms with Crippen LogP contribution < -0.4 is 19.1 Å². The normalized spacial score (nSPS) is 15.7. The molecular formula is C24H21NO7S. The van der Waals surface area contributed by atoms with E-state index < -0.39 is 23.5 Å². The molecule has 0 radical (unpaired) electrons. The number of methoxy groups -OCH3 is 3. The van der Waals surface area contributed by atoms with Gasteiger partial charge < -0.3 is 24.4 Å². The van der Waals surface area contributed by atoms with Crippen LogP contribution in [0.2, 0.25) is 0 Å². The van der Waals surface area contributed by atoms with Gasteiger partial charge in [-0.25, -0.2) is 0 Å². The van der Waals surface area contributed by atoms with Crippen LogP contribution in [0.5, 0.6) is 23.0 Å². The van der Waals surface area contributed by atoms with Crippen LogP contribution in [0.4, 0.5) is 5.69 Å². The fourth-order valence-corrected chi connectivity index (χ4v) is 4.55. The number of ether oxygens (including phenoxy) is 3. The molecule has 1 aliphatic heterocycles. The van der Waals surface area contributed by atoms with Gasteiger partial charge in [-0.15, -0.1) is 11.3 Å². The summed E-state index contributed by atoms with van der Waals surface area (Å²) >= 11 is 1.20. The van der Waals surface area contributed by atoms with Crippen LogP contribution in [-0.2, 0) is 4.79 Å². The Morgan fingerprint density at radius 1 is 0.970 bits per heavy atom. The number of ketones is 1. The number of carbonyl (C=O) groups excluding carboxylic acids is 2. The van der Waals surface area contributed by atoms with E-state index in [1.807, 2.05) is 0 Å². The van der Waals surface area contributed by atoms with Gasteiger partial charge in [-0.05, 0) is 41.3 Å². The lowest BCUT2D eigenvalue weighted by molar-refractivity contribution is -0.117. The number of nitrogens with zero attached hydrogens (tertiary/aromatic N) is 1. The lowest BCUT2D eigenvalue weighted by Crippen LogP contribution is -2.31. The molecular weight excluding hydrogens is 446 g/mol. The highest BCUT2D eigenvalue weighted by molar-refractivity contribution is 7.12. The van der Waals surface area contributed by atoms with E-state index in [1.165, 1.54) is 49.7 Å². The lowest BCUT2D eigenvalue weighted by Gasteiger charge is -2.28. The van der Waals surface area contributed by atoms with Gasteiger partial charge in [0, 0.05) is 0 Å². The Hall–Kier alpha value is -3.98. The van der Waals surface area contributed by atoms with Gasteiger partial charge in [0.05, 0.1) is 43.5 Å². The standard InChI is InChI=1S/C24H21NO7S/c1-30-16-11-13(12-17(31-2)23(16)32-3)20-19(21(27)18-9-6-10-33-18)22(28)24(29)25(20)14-7-4-5-8-15(14)26/h4-12,20,26,28H,1-3H3. The van der Waals surface area contributed by atoms with E-state index in [9.17, 15) is 19.8 Å². The number of Topliss-reactive ketones (excluding diaryl/α,β-unsaturated/α-hetero) is 1. The molecule has 0 saturated carbocycles. The van der Waals surface area contributed by atoms with Crippen molar-refractivity contribution in [2.24, 2.45) is 0 Å². The van der Waals surface area contributed by atoms with E-state index in [-0.39, 0.29) is 17.0 Å². The van der Waals surface area contributed by atoms with Crippen molar-refractivity contribution in [2.45, 2.75) is 6.04 Å². The largest absolute Gasteiger partial charge is 0.506 e. The summed E-state index contributed by atoms with van der Waals surface area (Å²) in [5.74, 6) is -1.21. The number of para-hydroxylation sites is 2. The first-order valence-corrected chi connectivity index (χ1v) is 10.7. The zero-order chi connectivity index (χ0) is 23.7. The number of aromatic hydroxyl groups is 1. The van der Waals surface area contributed by atoms with Crippen molar-refractivity contribution in [1.29, 1.82) is 0 Å². The molecule has 0 saturated heterocycles. The molecule has 9 heteroatoms. The van der Waals surface area contributed by atoms with Crippen molar-refractivity contribution in [3.05, 3.63) is 75.7 Å². The van der Waals surface area contributed by atoms with Crippen LogP contribution in [0.1, 0.15) is 21.3 Å². The minimum Gasteiger partial charge on any atom is -0.506 e. The van der Waals surface area contributed by atoms with Crippen LogP contribution in [0.25, 0.3) is 0 Å². The lowest BCUT2D eigenvalue weighted by atomic mass is 9.94. The molecule has 1 atom stereocenters. The first-order chi connectivity index (χ1) is 15.9. The summed E-state index contributed by atoms with van der Waals surface area (Å²) < 4.78 is 16.3. The summed E-state index contributed by atoms with van der Waals surface area (Å²) in [5.41, 5.74) is 0.451. The molecule has 1 aromatic heterocycles. The average Bonchev–Trinajstić information content (AvgIpc) is 3.45. The van der Waals surface area contributed by atoms with E-state index >= 15 is 0 Å². The Bertz CT molecular complexity index is 1220. The monoisotopic (exact) mass is 467 g/mol. The number of rotatable bonds is 7. The Morgan fingerprint density at radius 2 is 1.64 bits per heavy atom. The van der Waals surface area contributed by atoms with E-state index in [0.717, 1.165) is 0 Å². The van der Waals surface area contributed by atoms with Gasteiger partial charge in [0.25, 0.3) is 5.91 Å². The van der Waals surface area contributed by atoms with Crippen LogP contribution in [0, 0.1) is 0 Å². The third-order valence-corrected chi connectivity index (χ3v) is 6.21. The molecule has 1 unspecified atom stereocenters. The first-order valence-electron chi connectivity index (χ1n) is 9.85. The number of phenolic OH excluding ortho intramolecular Hbond substituents is 1. The highest BCUT2D eigenvalue weighted by Crippen LogP contribution is 2.48. The van der Waals surface area contributed by atoms with Gasteiger partial charge in [-0.1, -0.05) is 18.2 Å². The maximum atomic E-state index is 13.4. The molecule has 2 aromatic carbocycles. The maximum absolute atomic E-state index is 13.4. The molecule has 0 aliphatic carbocycles. The van der Waals surface area contributed by atoms with E-state index in [2.05, 4.69) is 0 Å². The average molecular weight is 467 g/mol. The Balaban J connectivity index is 1.98. The molecule has 8 nitrogen and oxygen atoms in total. The summed E-state index contributed by atoms with van der Waals surface area (Å²) in [4.78, 5) is 28.2. The number of aliphatic hydroxyl groups is 1. The molecule has 0 fully saturated rings. The molecule has 2 N–H and O–H groups in total. The number of benzene rings is 2. The quantitative estimate of drug-likeness (QED) is 0.500. The molecule has 170 valence electrons. The van der Waals surface area contributed by atoms with Crippen molar-refractivity contribution in [1.82, 2.24) is 0 Å². The highest BCUT2D eigenvalue weighted by Gasteiger charge is 2.46. The van der Waals surface area contributed by atoms with Crippen molar-refractivity contribution >= 4 is 28.7 Å². The second kappa shape index (κ2) is 8.87. The van der Waals surface area contributed by atoms with Gasteiger partial charge in [0.2, 0.25) is 11.5 Å². The molecule has 33 heavy (non-hydrogen) atoms. The van der Waals surface area contributed by atoms with Crippen molar-refractivity contribution < 1.29 is 34.0 Å². The molecule has 0 bridgehead atoms. The van der Waals surface area contributed by atoms with Crippen LogP contribution in [0.15, 0.2) is 65.2 Å². The SMILES string of the molecule is COc1cc(C2C(C(=O)c3cccs3)=C(O)C(=O)N2c2ccccc2O)cc(OC)c1OC. The fraction of sp³-hybridized carbons (Fsp3) is 0.167. The van der Waals surface area contributed by atoms with Crippen molar-refractivity contribution in [3.8, 4) is 23.0 Å². The number of carbonyl (C=O) groups is 2. The minimum atomic E-state index is -1.06. The predicted octanol–water partition coefficient (Wildman–Crippen LogP) is 4.26. The van der Waals surface area contributed by atoms with Gasteiger partial charge in [-0.2, -0.15) is 0 Å².